The molecular formula is C25H26N4O6S2. The molecule has 0 bridgehead atoms. The number of sulfone groups is 1. The van der Waals surface area contributed by atoms with Gasteiger partial charge in [-0.05, 0) is 62.2 Å². The van der Waals surface area contributed by atoms with Crippen LogP contribution in [0.4, 0.5) is 0 Å². The summed E-state index contributed by atoms with van der Waals surface area (Å²) in [5, 5.41) is 7.56. The third-order valence-corrected chi connectivity index (χ3v) is 8.31. The fourth-order valence-electron chi connectivity index (χ4n) is 3.47. The average Bonchev–Trinajstić information content (AvgIpc) is 3.29. The van der Waals surface area contributed by atoms with Crippen molar-refractivity contribution in [2.45, 2.75) is 26.0 Å². The van der Waals surface area contributed by atoms with E-state index in [1.54, 1.807) is 18.2 Å². The lowest BCUT2D eigenvalue weighted by Crippen LogP contribution is -2.46. The van der Waals surface area contributed by atoms with Gasteiger partial charge in [-0.25, -0.2) is 13.3 Å². The first-order chi connectivity index (χ1) is 17.6. The van der Waals surface area contributed by atoms with E-state index in [1.165, 1.54) is 27.0 Å². The number of ether oxygens (including phenoxy) is 3. The van der Waals surface area contributed by atoms with Crippen molar-refractivity contribution in [3.05, 3.63) is 59.2 Å². The maximum atomic E-state index is 12.7. The van der Waals surface area contributed by atoms with Crippen LogP contribution < -0.4 is 14.2 Å². The van der Waals surface area contributed by atoms with E-state index < -0.39 is 21.0 Å². The Hall–Kier alpha value is -3.64. The van der Waals surface area contributed by atoms with Crippen LogP contribution in [0.15, 0.2) is 57.4 Å². The van der Waals surface area contributed by atoms with E-state index in [0.29, 0.717) is 23.7 Å². The topological polar surface area (TPSA) is 131 Å². The summed E-state index contributed by atoms with van der Waals surface area (Å²) in [6, 6.07) is 12.8. The smallest absolute Gasteiger partial charge is 0.283 e. The van der Waals surface area contributed by atoms with Crippen molar-refractivity contribution in [1.29, 1.82) is 5.41 Å². The summed E-state index contributed by atoms with van der Waals surface area (Å²) in [6.45, 7) is 5.66. The number of aryl methyl sites for hydroxylation is 1. The molecule has 12 heteroatoms. The molecule has 2 aromatic carbocycles. The van der Waals surface area contributed by atoms with Crippen LogP contribution >= 0.6 is 11.9 Å². The van der Waals surface area contributed by atoms with Gasteiger partial charge in [0.1, 0.15) is 24.8 Å². The van der Waals surface area contributed by atoms with E-state index in [-0.39, 0.29) is 28.4 Å². The van der Waals surface area contributed by atoms with Crippen LogP contribution in [-0.4, -0.2) is 61.0 Å². The molecule has 2 heterocycles. The molecule has 0 fully saturated rings. The number of benzene rings is 2. The zero-order valence-corrected chi connectivity index (χ0v) is 22.4. The lowest BCUT2D eigenvalue weighted by atomic mass is 10.1. The Balaban J connectivity index is 1.50. The minimum Gasteiger partial charge on any atom is -0.493 e. The first kappa shape index (κ1) is 26.4. The highest BCUT2D eigenvalue weighted by Crippen LogP contribution is 2.33. The second-order valence-corrected chi connectivity index (χ2v) is 11.6. The Morgan fingerprint density at radius 2 is 1.86 bits per heavy atom. The Morgan fingerprint density at radius 3 is 2.57 bits per heavy atom. The van der Waals surface area contributed by atoms with Gasteiger partial charge in [0.15, 0.2) is 11.5 Å². The predicted molar refractivity (Wildman–Crippen MR) is 144 cm³/mol. The van der Waals surface area contributed by atoms with E-state index in [1.807, 2.05) is 31.2 Å². The number of rotatable bonds is 8. The van der Waals surface area contributed by atoms with Crippen molar-refractivity contribution in [2.24, 2.45) is 9.39 Å². The maximum absolute atomic E-state index is 12.7. The van der Waals surface area contributed by atoms with Crippen molar-refractivity contribution in [3.63, 3.8) is 0 Å². The molecule has 1 N–H and O–H groups in total. The number of methoxy groups -OCH3 is 1. The van der Waals surface area contributed by atoms with Gasteiger partial charge in [0.25, 0.3) is 5.91 Å². The molecule has 0 saturated heterocycles. The fourth-order valence-corrected chi connectivity index (χ4v) is 5.53. The van der Waals surface area contributed by atoms with E-state index in [4.69, 9.17) is 19.6 Å². The highest BCUT2D eigenvalue weighted by molar-refractivity contribution is 8.16. The van der Waals surface area contributed by atoms with Gasteiger partial charge in [0.05, 0.1) is 29.9 Å². The predicted octanol–water partition coefficient (Wildman–Crippen LogP) is 3.86. The van der Waals surface area contributed by atoms with E-state index >= 15 is 0 Å². The molecule has 0 saturated carbocycles. The molecular weight excluding hydrogens is 516 g/mol. The normalized spacial score (nSPS) is 16.6. The van der Waals surface area contributed by atoms with Gasteiger partial charge in [-0.15, -0.1) is 0 Å². The van der Waals surface area contributed by atoms with E-state index in [0.717, 1.165) is 28.2 Å². The zero-order chi connectivity index (χ0) is 26.7. The maximum Gasteiger partial charge on any atom is 0.283 e. The van der Waals surface area contributed by atoms with Crippen LogP contribution in [0.3, 0.4) is 0 Å². The van der Waals surface area contributed by atoms with Crippen LogP contribution in [-0.2, 0) is 14.6 Å². The number of fused-ring (bicyclic) bond motifs is 1. The first-order valence-electron chi connectivity index (χ1n) is 11.3. The molecule has 0 aromatic heterocycles. The summed E-state index contributed by atoms with van der Waals surface area (Å²) in [5.74, 6) is 0.695. The highest BCUT2D eigenvalue weighted by Gasteiger charge is 2.43. The molecule has 194 valence electrons. The van der Waals surface area contributed by atoms with Gasteiger partial charge >= 0.3 is 0 Å². The highest BCUT2D eigenvalue weighted by atomic mass is 32.2. The molecule has 0 radical (unpaired) electrons. The molecule has 2 aromatic rings. The summed E-state index contributed by atoms with van der Waals surface area (Å²) in [4.78, 5) is 17.7. The number of hydrogen-bond acceptors (Lipinski definition) is 9. The minimum absolute atomic E-state index is 0.0422. The summed E-state index contributed by atoms with van der Waals surface area (Å²) in [5.41, 5.74) is 1.58. The Morgan fingerprint density at radius 1 is 1.11 bits per heavy atom. The van der Waals surface area contributed by atoms with E-state index in [9.17, 15) is 13.2 Å². The van der Waals surface area contributed by atoms with Crippen LogP contribution in [0.2, 0.25) is 0 Å². The quantitative estimate of drug-likeness (QED) is 0.302. The largest absolute Gasteiger partial charge is 0.493 e. The van der Waals surface area contributed by atoms with Gasteiger partial charge in [0, 0.05) is 0 Å². The number of nitrogens with zero attached hydrogens (tertiary/aromatic N) is 3. The lowest BCUT2D eigenvalue weighted by molar-refractivity contribution is -0.114. The third-order valence-electron chi connectivity index (χ3n) is 5.47. The molecule has 4 rings (SSSR count). The number of aliphatic imine (C=N–C) groups is 1. The summed E-state index contributed by atoms with van der Waals surface area (Å²) < 4.78 is 46.4. The van der Waals surface area contributed by atoms with Crippen molar-refractivity contribution in [2.75, 3.05) is 20.3 Å². The standard InChI is InChI=1S/C25H26N4O6S2/c1-15(2)37(31,32)25-28-36-24-27-23(30)19(22(26)29(24)25)13-17-8-9-20(21(14-17)33-4)35-11-10-34-18-7-5-6-16(3)12-18/h5-9,12-15,26H,10-11H2,1-4H3/b19-13-,26-22?. The molecule has 0 spiro atoms. The van der Waals surface area contributed by atoms with Crippen molar-refractivity contribution >= 4 is 49.9 Å². The molecule has 0 atom stereocenters. The molecule has 0 aliphatic carbocycles. The number of hydrogen-bond donors (Lipinski definition) is 1. The number of amidine groups is 3. The van der Waals surface area contributed by atoms with Gasteiger partial charge < -0.3 is 14.2 Å². The molecule has 1 amide bonds. The van der Waals surface area contributed by atoms with Crippen LogP contribution in [0.25, 0.3) is 6.08 Å². The number of carbonyl (C=O) groups is 1. The molecule has 2 aliphatic rings. The zero-order valence-electron chi connectivity index (χ0n) is 20.7. The molecule has 10 nitrogen and oxygen atoms in total. The Bertz CT molecular complexity index is 1450. The first-order valence-corrected chi connectivity index (χ1v) is 13.7. The Kier molecular flexibility index (Phi) is 7.69. The van der Waals surface area contributed by atoms with Gasteiger partial charge in [-0.3, -0.25) is 10.2 Å². The number of nitrogens with one attached hydrogen (secondary N) is 1. The molecule has 37 heavy (non-hydrogen) atoms. The van der Waals surface area contributed by atoms with Crippen molar-refractivity contribution in [3.8, 4) is 17.2 Å². The second-order valence-electron chi connectivity index (χ2n) is 8.42. The summed E-state index contributed by atoms with van der Waals surface area (Å²) in [6.07, 6.45) is 1.46. The Labute approximate surface area is 219 Å². The van der Waals surface area contributed by atoms with Crippen molar-refractivity contribution < 1.29 is 27.4 Å². The lowest BCUT2D eigenvalue weighted by Gasteiger charge is -2.25. The summed E-state index contributed by atoms with van der Waals surface area (Å²) in [7, 11) is -2.30. The van der Waals surface area contributed by atoms with Crippen molar-refractivity contribution in [1.82, 2.24) is 4.90 Å². The molecule has 0 unspecified atom stereocenters. The van der Waals surface area contributed by atoms with Crippen LogP contribution in [0.5, 0.6) is 17.2 Å². The van der Waals surface area contributed by atoms with Gasteiger partial charge in [-0.2, -0.15) is 9.39 Å². The second kappa shape index (κ2) is 10.8. The minimum atomic E-state index is -3.79. The molecule has 2 aliphatic heterocycles. The van der Waals surface area contributed by atoms with Crippen LogP contribution in [0, 0.1) is 12.3 Å². The monoisotopic (exact) mass is 542 g/mol. The summed E-state index contributed by atoms with van der Waals surface area (Å²) >= 11 is 0.760. The third kappa shape index (κ3) is 5.54. The van der Waals surface area contributed by atoms with E-state index in [2.05, 4.69) is 9.39 Å². The average molecular weight is 543 g/mol. The fraction of sp³-hybridized carbons (Fsp3) is 0.280. The number of carbonyl (C=O) groups excluding carboxylic acids is 1. The van der Waals surface area contributed by atoms with Gasteiger partial charge in [0.2, 0.25) is 20.2 Å². The van der Waals surface area contributed by atoms with Gasteiger partial charge in [-0.1, -0.05) is 18.2 Å². The van der Waals surface area contributed by atoms with Crippen LogP contribution in [0.1, 0.15) is 25.0 Å². The SMILES string of the molecule is COc1cc(/C=C2/C(=N)N3C(=NC2=O)SN=C3S(=O)(=O)C(C)C)ccc1OCCOc1cccc(C)c1. The number of amides is 1.